The van der Waals surface area contributed by atoms with Crippen LogP contribution in [0, 0.1) is 6.92 Å². The number of aryl methyl sites for hydroxylation is 1. The van der Waals surface area contributed by atoms with Gasteiger partial charge in [0, 0.05) is 23.9 Å². The molecule has 0 fully saturated rings. The Labute approximate surface area is 208 Å². The highest BCUT2D eigenvalue weighted by Gasteiger charge is 2.32. The smallest absolute Gasteiger partial charge is 0.245 e. The van der Waals surface area contributed by atoms with E-state index in [1.807, 2.05) is 37.3 Å². The van der Waals surface area contributed by atoms with Gasteiger partial charge in [0.25, 0.3) is 0 Å². The molecule has 3 aromatic heterocycles. The van der Waals surface area contributed by atoms with Gasteiger partial charge in [-0.3, -0.25) is 19.3 Å². The highest BCUT2D eigenvalue weighted by Crippen LogP contribution is 2.35. The number of benzene rings is 1. The van der Waals surface area contributed by atoms with Gasteiger partial charge in [0.1, 0.15) is 6.33 Å². The fourth-order valence-electron chi connectivity index (χ4n) is 3.54. The van der Waals surface area contributed by atoms with Gasteiger partial charge in [-0.25, -0.2) is 8.42 Å². The summed E-state index contributed by atoms with van der Waals surface area (Å²) in [5, 5.41) is 7.55. The number of hydrogen-bond acceptors (Lipinski definition) is 10. The Bertz CT molecular complexity index is 1420. The van der Waals surface area contributed by atoms with E-state index in [1.54, 1.807) is 26.2 Å². The largest absolute Gasteiger partial charge is 0.479 e. The molecule has 13 heteroatoms. The molecule has 4 aromatic rings. The first-order valence-corrected chi connectivity index (χ1v) is 12.6. The van der Waals surface area contributed by atoms with E-state index < -0.39 is 21.2 Å². The van der Waals surface area contributed by atoms with Crippen LogP contribution in [0.1, 0.15) is 31.2 Å². The van der Waals surface area contributed by atoms with Crippen molar-refractivity contribution < 1.29 is 17.9 Å². The summed E-state index contributed by atoms with van der Waals surface area (Å²) >= 11 is 0. The molecule has 188 valence electrons. The van der Waals surface area contributed by atoms with E-state index in [-0.39, 0.29) is 23.4 Å². The zero-order valence-electron chi connectivity index (χ0n) is 20.4. The number of sulfonamides is 1. The Balaban J connectivity index is 1.81. The Kier molecular flexibility index (Phi) is 7.10. The van der Waals surface area contributed by atoms with E-state index in [0.717, 1.165) is 5.69 Å². The number of ether oxygens (including phenoxy) is 2. The lowest BCUT2D eigenvalue weighted by Gasteiger charge is -2.21. The maximum absolute atomic E-state index is 13.5. The van der Waals surface area contributed by atoms with Crippen molar-refractivity contribution in [3.05, 3.63) is 60.4 Å². The minimum absolute atomic E-state index is 0.0747. The lowest BCUT2D eigenvalue weighted by atomic mass is 10.1. The Hall–Kier alpha value is -4.13. The molecule has 12 nitrogen and oxygen atoms in total. The summed E-state index contributed by atoms with van der Waals surface area (Å²) in [7, 11) is -1.10. The molecule has 3 heterocycles. The molecule has 4 rings (SSSR count). The van der Waals surface area contributed by atoms with Crippen molar-refractivity contribution in [1.29, 1.82) is 0 Å². The summed E-state index contributed by atoms with van der Waals surface area (Å²) in [4.78, 5) is 16.9. The van der Waals surface area contributed by atoms with Gasteiger partial charge in [0.05, 0.1) is 30.9 Å². The van der Waals surface area contributed by atoms with E-state index in [2.05, 4.69) is 34.9 Å². The first kappa shape index (κ1) is 25.0. The van der Waals surface area contributed by atoms with E-state index in [0.29, 0.717) is 17.1 Å². The number of anilines is 1. The fraction of sp³-hybridized carbons (Fsp3) is 0.304. The van der Waals surface area contributed by atoms with Gasteiger partial charge in [-0.1, -0.05) is 37.3 Å². The summed E-state index contributed by atoms with van der Waals surface area (Å²) < 4.78 is 41.9. The molecule has 36 heavy (non-hydrogen) atoms. The average Bonchev–Trinajstić information content (AvgIpc) is 3.30. The molecule has 1 aromatic carbocycles. The van der Waals surface area contributed by atoms with Gasteiger partial charge >= 0.3 is 0 Å². The molecule has 0 aliphatic rings. The van der Waals surface area contributed by atoms with Crippen LogP contribution in [-0.2, 0) is 10.0 Å². The van der Waals surface area contributed by atoms with Crippen LogP contribution in [0.3, 0.4) is 0 Å². The van der Waals surface area contributed by atoms with Crippen molar-refractivity contribution in [2.24, 2.45) is 0 Å². The molecular formula is C23H26N8O4S. The highest BCUT2D eigenvalue weighted by atomic mass is 32.2. The first-order valence-electron chi connectivity index (χ1n) is 11.0. The van der Waals surface area contributed by atoms with Gasteiger partial charge in [-0.15, -0.1) is 10.2 Å². The van der Waals surface area contributed by atoms with Crippen LogP contribution < -0.4 is 14.2 Å². The van der Waals surface area contributed by atoms with Crippen LogP contribution in [-0.4, -0.2) is 62.6 Å². The molecule has 0 saturated carbocycles. The Morgan fingerprint density at radius 1 is 0.917 bits per heavy atom. The number of rotatable bonds is 9. The summed E-state index contributed by atoms with van der Waals surface area (Å²) in [6, 6.07) is 9.17. The topological polar surface area (TPSA) is 147 Å². The predicted molar refractivity (Wildman–Crippen MR) is 133 cm³/mol. The zero-order valence-corrected chi connectivity index (χ0v) is 21.3. The van der Waals surface area contributed by atoms with Gasteiger partial charge in [-0.05, 0) is 13.8 Å². The molecule has 0 aliphatic carbocycles. The van der Waals surface area contributed by atoms with Crippen LogP contribution in [0.25, 0.3) is 17.1 Å². The molecule has 0 radical (unpaired) electrons. The second-order valence-corrected chi connectivity index (χ2v) is 10.1. The number of methoxy groups -OCH3 is 2. The lowest BCUT2D eigenvalue weighted by Crippen LogP contribution is -2.31. The van der Waals surface area contributed by atoms with Gasteiger partial charge < -0.3 is 9.47 Å². The standard InChI is InChI=1S/C23H26N8O4S/c1-14-11-25-18(12-24-14)15(2)16(3)36(32,33)30-23-29-28-20(17-9-7-6-8-10-17)31(23)19-21(34-4)26-13-27-22(19)35-5/h6-13,15-16H,1-5H3,(H,29,30). The molecule has 1 N–H and O–H groups in total. The maximum Gasteiger partial charge on any atom is 0.245 e. The third-order valence-corrected chi connectivity index (χ3v) is 7.61. The van der Waals surface area contributed by atoms with E-state index in [4.69, 9.17) is 9.47 Å². The number of aromatic nitrogens is 7. The van der Waals surface area contributed by atoms with Crippen LogP contribution in [0.5, 0.6) is 11.8 Å². The second-order valence-electron chi connectivity index (χ2n) is 8.01. The quantitative estimate of drug-likeness (QED) is 0.356. The Morgan fingerprint density at radius 2 is 1.58 bits per heavy atom. The normalized spacial score (nSPS) is 13.1. The SMILES string of the molecule is COc1ncnc(OC)c1-n1c(NS(=O)(=O)C(C)C(C)c2cnc(C)cn2)nnc1-c1ccccc1. The maximum atomic E-state index is 13.5. The summed E-state index contributed by atoms with van der Waals surface area (Å²) in [5.41, 5.74) is 2.23. The Morgan fingerprint density at radius 3 is 2.17 bits per heavy atom. The van der Waals surface area contributed by atoms with Crippen molar-refractivity contribution in [2.45, 2.75) is 31.9 Å². The summed E-state index contributed by atoms with van der Waals surface area (Å²) in [6.45, 7) is 5.19. The third kappa shape index (κ3) is 4.82. The van der Waals surface area contributed by atoms with Crippen molar-refractivity contribution in [3.8, 4) is 28.8 Å². The van der Waals surface area contributed by atoms with E-state index >= 15 is 0 Å². The number of hydrogen-bond donors (Lipinski definition) is 1. The summed E-state index contributed by atoms with van der Waals surface area (Å²) in [5.74, 6) is 0.107. The van der Waals surface area contributed by atoms with Gasteiger partial charge in [-0.2, -0.15) is 9.97 Å². The van der Waals surface area contributed by atoms with Crippen molar-refractivity contribution in [1.82, 2.24) is 34.7 Å². The molecule has 0 bridgehead atoms. The van der Waals surface area contributed by atoms with Crippen LogP contribution in [0.2, 0.25) is 0 Å². The molecule has 0 aliphatic heterocycles. The van der Waals surface area contributed by atoms with Crippen LogP contribution >= 0.6 is 0 Å². The van der Waals surface area contributed by atoms with Crippen LogP contribution in [0.4, 0.5) is 5.95 Å². The highest BCUT2D eigenvalue weighted by molar-refractivity contribution is 7.93. The lowest BCUT2D eigenvalue weighted by molar-refractivity contribution is 0.368. The molecule has 0 saturated heterocycles. The van der Waals surface area contributed by atoms with Gasteiger partial charge in [0.15, 0.2) is 11.5 Å². The minimum atomic E-state index is -3.97. The fourth-order valence-corrected chi connectivity index (χ4v) is 4.79. The molecule has 2 atom stereocenters. The van der Waals surface area contributed by atoms with E-state index in [1.165, 1.54) is 25.1 Å². The average molecular weight is 511 g/mol. The van der Waals surface area contributed by atoms with Gasteiger partial charge in [0.2, 0.25) is 27.7 Å². The third-order valence-electron chi connectivity index (χ3n) is 5.76. The second kappa shape index (κ2) is 10.2. The minimum Gasteiger partial charge on any atom is -0.479 e. The monoisotopic (exact) mass is 510 g/mol. The van der Waals surface area contributed by atoms with Crippen molar-refractivity contribution >= 4 is 16.0 Å². The molecule has 2 unspecified atom stereocenters. The zero-order chi connectivity index (χ0) is 25.9. The van der Waals surface area contributed by atoms with Crippen molar-refractivity contribution in [3.63, 3.8) is 0 Å². The summed E-state index contributed by atoms with van der Waals surface area (Å²) in [6.07, 6.45) is 4.47. The van der Waals surface area contributed by atoms with Crippen molar-refractivity contribution in [2.75, 3.05) is 18.9 Å². The molecule has 0 amide bonds. The van der Waals surface area contributed by atoms with E-state index in [9.17, 15) is 8.42 Å². The van der Waals surface area contributed by atoms with Crippen LogP contribution in [0.15, 0.2) is 49.1 Å². The number of nitrogens with zero attached hydrogens (tertiary/aromatic N) is 7. The molecule has 0 spiro atoms. The first-order chi connectivity index (χ1) is 17.3. The number of nitrogens with one attached hydrogen (secondary N) is 1. The molecular weight excluding hydrogens is 484 g/mol. The predicted octanol–water partition coefficient (Wildman–Crippen LogP) is 2.77.